The lowest BCUT2D eigenvalue weighted by atomic mass is 10.0. The van der Waals surface area contributed by atoms with Crippen molar-refractivity contribution >= 4 is 19.3 Å². The molecule has 0 aliphatic heterocycles. The average Bonchev–Trinajstić information content (AvgIpc) is 2.29. The van der Waals surface area contributed by atoms with Crippen LogP contribution in [0.25, 0.3) is 0 Å². The number of benzene rings is 1. The Morgan fingerprint density at radius 3 is 1.94 bits per heavy atom. The molecule has 1 heteroatoms. The van der Waals surface area contributed by atoms with Crippen molar-refractivity contribution in [3.05, 3.63) is 47.5 Å². The van der Waals surface area contributed by atoms with Crippen LogP contribution < -0.4 is 0 Å². The van der Waals surface area contributed by atoms with Crippen LogP contribution in [0.1, 0.15) is 22.3 Å². The minimum atomic E-state index is -1.62. The van der Waals surface area contributed by atoms with Gasteiger partial charge in [-0.3, -0.25) is 0 Å². The second kappa shape index (κ2) is 5.17. The average molecular weight is 242 g/mol. The van der Waals surface area contributed by atoms with Crippen LogP contribution in [-0.4, -0.2) is 10.0 Å². The molecule has 0 amide bonds. The first-order chi connectivity index (χ1) is 7.98. The van der Waals surface area contributed by atoms with Crippen molar-refractivity contribution < 1.29 is 0 Å². The van der Waals surface area contributed by atoms with E-state index >= 15 is 0 Å². The summed E-state index contributed by atoms with van der Waals surface area (Å²) in [5.74, 6) is 0.744. The zero-order valence-corrected chi connectivity index (χ0v) is 11.6. The molecular weight excluding hydrogens is 224 g/mol. The Labute approximate surface area is 105 Å². The fourth-order valence-electron chi connectivity index (χ4n) is 1.93. The van der Waals surface area contributed by atoms with Gasteiger partial charge in [0.2, 0.25) is 0 Å². The summed E-state index contributed by atoms with van der Waals surface area (Å²) < 4.78 is 0. The first kappa shape index (κ1) is 13.5. The second-order valence-electron chi connectivity index (χ2n) is 4.17. The van der Waals surface area contributed by atoms with Crippen molar-refractivity contribution in [1.82, 2.24) is 0 Å². The van der Waals surface area contributed by atoms with Gasteiger partial charge in [-0.05, 0) is 55.9 Å². The van der Waals surface area contributed by atoms with Crippen LogP contribution in [0.5, 0.6) is 0 Å². The summed E-state index contributed by atoms with van der Waals surface area (Å²) in [5.41, 5.74) is 5.08. The van der Waals surface area contributed by atoms with Crippen LogP contribution in [0, 0.1) is 32.4 Å². The first-order valence-electron chi connectivity index (χ1n) is 5.41. The van der Waals surface area contributed by atoms with Crippen molar-refractivity contribution in [3.8, 4) is 11.7 Å². The highest BCUT2D eigenvalue weighted by atomic mass is 32.2. The largest absolute Gasteiger partial charge is 0.108 e. The Hall–Kier alpha value is -1.57. The van der Waals surface area contributed by atoms with E-state index in [-0.39, 0.29) is 0 Å². The smallest absolute Gasteiger partial charge is 0.0334 e. The topological polar surface area (TPSA) is 0 Å². The van der Waals surface area contributed by atoms with Crippen molar-refractivity contribution in [2.45, 2.75) is 26.5 Å². The summed E-state index contributed by atoms with van der Waals surface area (Å²) in [6.45, 7) is 13.8. The molecule has 0 aliphatic rings. The van der Waals surface area contributed by atoms with Crippen LogP contribution in [-0.2, 0) is 5.75 Å². The van der Waals surface area contributed by atoms with Gasteiger partial charge in [0, 0.05) is 5.75 Å². The third kappa shape index (κ3) is 2.76. The quantitative estimate of drug-likeness (QED) is 0.548. The lowest BCUT2D eigenvalue weighted by Gasteiger charge is -2.13. The van der Waals surface area contributed by atoms with Gasteiger partial charge >= 0.3 is 0 Å². The Balaban J connectivity index is 3.47. The SMILES string of the molecule is C#CS(=C=C)(=C=C)Cc1c(C)cc(C)cc1C. The molecule has 0 bridgehead atoms. The summed E-state index contributed by atoms with van der Waals surface area (Å²) >= 11 is 0. The van der Waals surface area contributed by atoms with Crippen LogP contribution in [0.2, 0.25) is 0 Å². The summed E-state index contributed by atoms with van der Waals surface area (Å²) in [6.07, 6.45) is 5.59. The zero-order valence-electron chi connectivity index (χ0n) is 10.8. The van der Waals surface area contributed by atoms with Crippen LogP contribution in [0.15, 0.2) is 25.3 Å². The minimum Gasteiger partial charge on any atom is -0.108 e. The molecule has 0 radical (unpaired) electrons. The summed E-state index contributed by atoms with van der Waals surface area (Å²) in [6, 6.07) is 4.35. The van der Waals surface area contributed by atoms with Gasteiger partial charge in [-0.25, -0.2) is 0 Å². The molecule has 1 aromatic rings. The Morgan fingerprint density at radius 1 is 1.12 bits per heavy atom. The molecule has 0 saturated carbocycles. The van der Waals surface area contributed by atoms with E-state index in [4.69, 9.17) is 6.42 Å². The second-order valence-corrected chi connectivity index (χ2v) is 6.75. The number of hydrogen-bond acceptors (Lipinski definition) is 0. The molecule has 0 spiro atoms. The Morgan fingerprint density at radius 2 is 1.59 bits per heavy atom. The molecule has 0 atom stereocenters. The maximum atomic E-state index is 5.59. The fraction of sp³-hybridized carbons (Fsp3) is 0.250. The van der Waals surface area contributed by atoms with Crippen molar-refractivity contribution in [3.63, 3.8) is 0 Å². The van der Waals surface area contributed by atoms with Gasteiger partial charge < -0.3 is 0 Å². The molecule has 88 valence electrons. The highest BCUT2D eigenvalue weighted by Gasteiger charge is 2.07. The van der Waals surface area contributed by atoms with Gasteiger partial charge in [-0.15, -0.1) is 6.42 Å². The predicted octanol–water partition coefficient (Wildman–Crippen LogP) is 3.68. The normalized spacial score (nSPS) is 10.2. The van der Waals surface area contributed by atoms with Gasteiger partial charge in [-0.2, -0.15) is 0 Å². The molecule has 0 unspecified atom stereocenters. The van der Waals surface area contributed by atoms with Gasteiger partial charge in [0.15, 0.2) is 0 Å². The lowest BCUT2D eigenvalue weighted by molar-refractivity contribution is 1.21. The molecule has 0 nitrogen and oxygen atoms in total. The van der Waals surface area contributed by atoms with Crippen molar-refractivity contribution in [2.75, 3.05) is 0 Å². The fourth-order valence-corrected chi connectivity index (χ4v) is 3.38. The number of rotatable bonds is 2. The van der Waals surface area contributed by atoms with E-state index in [0.717, 1.165) is 5.75 Å². The lowest BCUT2D eigenvalue weighted by Crippen LogP contribution is -1.95. The van der Waals surface area contributed by atoms with E-state index in [9.17, 15) is 0 Å². The summed E-state index contributed by atoms with van der Waals surface area (Å²) in [5, 5.41) is 8.68. The standard InChI is InChI=1S/C16H18S/c1-7-17(8-2,9-3)12-16-14(5)10-13(4)11-15(16)6/h1,10-11H,2-3,12H2,4-6H3. The molecule has 0 fully saturated rings. The number of terminal acetylenes is 1. The van der Waals surface area contributed by atoms with Gasteiger partial charge in [0.1, 0.15) is 0 Å². The predicted molar refractivity (Wildman–Crippen MR) is 82.0 cm³/mol. The third-order valence-electron chi connectivity index (χ3n) is 2.90. The first-order valence-corrected chi connectivity index (χ1v) is 7.21. The molecule has 1 rings (SSSR count). The maximum absolute atomic E-state index is 5.59. The molecule has 0 aliphatic carbocycles. The van der Waals surface area contributed by atoms with Gasteiger partial charge in [-0.1, -0.05) is 36.9 Å². The molecule has 0 heterocycles. The molecule has 1 aromatic carbocycles. The highest BCUT2D eigenvalue weighted by molar-refractivity contribution is 8.31. The molecule has 0 aromatic heterocycles. The van der Waals surface area contributed by atoms with Crippen molar-refractivity contribution in [1.29, 1.82) is 0 Å². The number of hydrogen-bond donors (Lipinski definition) is 0. The van der Waals surface area contributed by atoms with E-state index in [1.165, 1.54) is 22.3 Å². The third-order valence-corrected chi connectivity index (χ3v) is 5.00. The Kier molecular flexibility index (Phi) is 4.11. The summed E-state index contributed by atoms with van der Waals surface area (Å²) in [4.78, 5) is 0. The molecule has 17 heavy (non-hydrogen) atoms. The zero-order chi connectivity index (χ0) is 13.1. The van der Waals surface area contributed by atoms with E-state index in [1.807, 2.05) is 0 Å². The highest BCUT2D eigenvalue weighted by Crippen LogP contribution is 2.29. The Bertz CT molecular complexity index is 606. The van der Waals surface area contributed by atoms with Crippen LogP contribution >= 0.6 is 9.21 Å². The van der Waals surface area contributed by atoms with Gasteiger partial charge in [0.25, 0.3) is 0 Å². The van der Waals surface area contributed by atoms with Crippen LogP contribution in [0.3, 0.4) is 0 Å². The van der Waals surface area contributed by atoms with E-state index in [1.54, 1.807) is 0 Å². The van der Waals surface area contributed by atoms with Gasteiger partial charge in [0.05, 0.1) is 0 Å². The maximum Gasteiger partial charge on any atom is 0.0334 e. The molecule has 0 N–H and O–H groups in total. The number of aryl methyl sites for hydroxylation is 3. The van der Waals surface area contributed by atoms with E-state index in [2.05, 4.69) is 61.4 Å². The monoisotopic (exact) mass is 242 g/mol. The summed E-state index contributed by atoms with van der Waals surface area (Å²) in [7, 11) is -1.62. The van der Waals surface area contributed by atoms with E-state index < -0.39 is 9.21 Å². The van der Waals surface area contributed by atoms with Crippen LogP contribution in [0.4, 0.5) is 0 Å². The molecule has 0 saturated heterocycles. The van der Waals surface area contributed by atoms with E-state index in [0.29, 0.717) is 0 Å². The minimum absolute atomic E-state index is 0.744. The molecular formula is C16H18S. The van der Waals surface area contributed by atoms with Crippen molar-refractivity contribution in [2.24, 2.45) is 0 Å².